The second kappa shape index (κ2) is 5.14. The van der Waals surface area contributed by atoms with Gasteiger partial charge >= 0.3 is 0 Å². The van der Waals surface area contributed by atoms with Crippen LogP contribution < -0.4 is 5.32 Å². The van der Waals surface area contributed by atoms with Crippen molar-refractivity contribution in [3.05, 3.63) is 38.9 Å². The van der Waals surface area contributed by atoms with Crippen molar-refractivity contribution in [2.75, 3.05) is 13.2 Å². The van der Waals surface area contributed by atoms with E-state index in [2.05, 4.69) is 5.32 Å². The summed E-state index contributed by atoms with van der Waals surface area (Å²) in [6.45, 7) is 0.294. The van der Waals surface area contributed by atoms with Crippen LogP contribution in [0, 0.1) is 15.5 Å². The predicted octanol–water partition coefficient (Wildman–Crippen LogP) is 1.75. The number of rotatable bonds is 5. The molecule has 1 saturated carbocycles. The summed E-state index contributed by atoms with van der Waals surface area (Å²) >= 11 is 5.85. The summed E-state index contributed by atoms with van der Waals surface area (Å²) in [5.74, 6) is -0.586. The van der Waals surface area contributed by atoms with E-state index in [0.717, 1.165) is 12.8 Å². The van der Waals surface area contributed by atoms with E-state index in [9.17, 15) is 14.9 Å². The Balaban J connectivity index is 2.17. The van der Waals surface area contributed by atoms with Crippen molar-refractivity contribution in [2.24, 2.45) is 5.41 Å². The molecular weight excluding hydrogens is 272 g/mol. The molecule has 7 heteroatoms. The molecule has 0 heterocycles. The fourth-order valence-electron chi connectivity index (χ4n) is 1.81. The van der Waals surface area contributed by atoms with Gasteiger partial charge in [-0.05, 0) is 18.9 Å². The van der Waals surface area contributed by atoms with Crippen LogP contribution in [0.5, 0.6) is 0 Å². The number of benzene rings is 1. The van der Waals surface area contributed by atoms with Gasteiger partial charge in [0, 0.05) is 18.0 Å². The van der Waals surface area contributed by atoms with Crippen LogP contribution in [0.4, 0.5) is 5.69 Å². The molecule has 2 rings (SSSR count). The fourth-order valence-corrected chi connectivity index (χ4v) is 2.07. The van der Waals surface area contributed by atoms with Gasteiger partial charge < -0.3 is 10.4 Å². The average Bonchev–Trinajstić information content (AvgIpc) is 3.16. The molecule has 1 aliphatic carbocycles. The van der Waals surface area contributed by atoms with Gasteiger partial charge in [0.25, 0.3) is 11.6 Å². The highest BCUT2D eigenvalue weighted by molar-refractivity contribution is 6.34. The summed E-state index contributed by atoms with van der Waals surface area (Å²) < 4.78 is 0. The lowest BCUT2D eigenvalue weighted by Crippen LogP contribution is -2.32. The number of aliphatic hydroxyl groups excluding tert-OH is 1. The first-order valence-electron chi connectivity index (χ1n) is 5.81. The maximum absolute atomic E-state index is 12.0. The number of nitrogens with zero attached hydrogens (tertiary/aromatic N) is 1. The number of nitro benzene ring substituents is 1. The quantitative estimate of drug-likeness (QED) is 0.636. The second-order valence-electron chi connectivity index (χ2n) is 4.73. The molecule has 6 nitrogen and oxygen atoms in total. The Bertz CT molecular complexity index is 528. The molecule has 0 aromatic heterocycles. The fraction of sp³-hybridized carbons (Fsp3) is 0.417. The molecule has 102 valence electrons. The van der Waals surface area contributed by atoms with Gasteiger partial charge in [0.1, 0.15) is 5.56 Å². The standard InChI is InChI=1S/C12H13ClN2O4/c13-8-2-1-3-9(15(18)19)10(8)11(17)14-6-12(7-16)4-5-12/h1-3,16H,4-7H2,(H,14,17). The highest BCUT2D eigenvalue weighted by Gasteiger charge is 2.42. The van der Waals surface area contributed by atoms with Crippen LogP contribution in [-0.4, -0.2) is 29.1 Å². The van der Waals surface area contributed by atoms with Crippen molar-refractivity contribution in [3.8, 4) is 0 Å². The first-order valence-corrected chi connectivity index (χ1v) is 6.19. The van der Waals surface area contributed by atoms with Crippen molar-refractivity contribution < 1.29 is 14.8 Å². The third-order valence-corrected chi connectivity index (χ3v) is 3.65. The van der Waals surface area contributed by atoms with Crippen LogP contribution in [0.3, 0.4) is 0 Å². The van der Waals surface area contributed by atoms with Gasteiger partial charge in [-0.25, -0.2) is 0 Å². The van der Waals surface area contributed by atoms with E-state index in [0.29, 0.717) is 6.54 Å². The Morgan fingerprint density at radius 2 is 2.21 bits per heavy atom. The number of hydrogen-bond acceptors (Lipinski definition) is 4. The van der Waals surface area contributed by atoms with Gasteiger partial charge in [-0.1, -0.05) is 17.7 Å². The highest BCUT2D eigenvalue weighted by Crippen LogP contribution is 2.44. The van der Waals surface area contributed by atoms with E-state index in [4.69, 9.17) is 16.7 Å². The highest BCUT2D eigenvalue weighted by atomic mass is 35.5. The number of carbonyl (C=O) groups excluding carboxylic acids is 1. The normalized spacial score (nSPS) is 15.9. The van der Waals surface area contributed by atoms with E-state index in [-0.39, 0.29) is 28.3 Å². The maximum Gasteiger partial charge on any atom is 0.283 e. The molecule has 1 fully saturated rings. The van der Waals surface area contributed by atoms with Gasteiger partial charge in [-0.15, -0.1) is 0 Å². The molecule has 1 aromatic rings. The Hall–Kier alpha value is -1.66. The molecule has 0 saturated heterocycles. The first kappa shape index (κ1) is 13.8. The largest absolute Gasteiger partial charge is 0.396 e. The van der Waals surface area contributed by atoms with Crippen molar-refractivity contribution in [2.45, 2.75) is 12.8 Å². The molecule has 0 aliphatic heterocycles. The summed E-state index contributed by atoms with van der Waals surface area (Å²) in [4.78, 5) is 22.2. The Morgan fingerprint density at radius 3 is 2.74 bits per heavy atom. The lowest BCUT2D eigenvalue weighted by atomic mass is 10.1. The van der Waals surface area contributed by atoms with E-state index in [1.807, 2.05) is 0 Å². The van der Waals surface area contributed by atoms with Crippen LogP contribution in [0.2, 0.25) is 5.02 Å². The predicted molar refractivity (Wildman–Crippen MR) is 69.2 cm³/mol. The molecule has 0 bridgehead atoms. The van der Waals surface area contributed by atoms with E-state index >= 15 is 0 Å². The summed E-state index contributed by atoms with van der Waals surface area (Å²) in [5, 5.41) is 22.7. The Kier molecular flexibility index (Phi) is 3.73. The van der Waals surface area contributed by atoms with Crippen molar-refractivity contribution in [1.29, 1.82) is 0 Å². The van der Waals surface area contributed by atoms with Crippen molar-refractivity contribution in [3.63, 3.8) is 0 Å². The molecule has 0 atom stereocenters. The van der Waals surface area contributed by atoms with Crippen molar-refractivity contribution in [1.82, 2.24) is 5.32 Å². The van der Waals surface area contributed by atoms with Gasteiger partial charge in [0.2, 0.25) is 0 Å². The van der Waals surface area contributed by atoms with Gasteiger partial charge in [0.05, 0.1) is 16.6 Å². The summed E-state index contributed by atoms with van der Waals surface area (Å²) in [5.41, 5.74) is -0.715. The number of aliphatic hydroxyl groups is 1. The molecule has 1 aliphatic rings. The molecule has 1 amide bonds. The topological polar surface area (TPSA) is 92.5 Å². The minimum atomic E-state index is -0.639. The number of nitrogens with one attached hydrogen (secondary N) is 1. The third kappa shape index (κ3) is 2.85. The summed E-state index contributed by atoms with van der Waals surface area (Å²) in [6.07, 6.45) is 1.68. The van der Waals surface area contributed by atoms with Crippen LogP contribution in [-0.2, 0) is 0 Å². The lowest BCUT2D eigenvalue weighted by Gasteiger charge is -2.13. The van der Waals surface area contributed by atoms with E-state index in [1.54, 1.807) is 0 Å². The monoisotopic (exact) mass is 284 g/mol. The van der Waals surface area contributed by atoms with E-state index in [1.165, 1.54) is 18.2 Å². The zero-order valence-corrected chi connectivity index (χ0v) is 10.8. The molecule has 0 spiro atoms. The van der Waals surface area contributed by atoms with Gasteiger partial charge in [-0.3, -0.25) is 14.9 Å². The number of hydrogen-bond donors (Lipinski definition) is 2. The molecular formula is C12H13ClN2O4. The zero-order chi connectivity index (χ0) is 14.0. The molecule has 0 unspecified atom stereocenters. The second-order valence-corrected chi connectivity index (χ2v) is 5.14. The molecule has 1 aromatic carbocycles. The smallest absolute Gasteiger partial charge is 0.283 e. The molecule has 0 radical (unpaired) electrons. The number of carbonyl (C=O) groups is 1. The minimum absolute atomic E-state index is 0.00209. The van der Waals surface area contributed by atoms with Crippen LogP contribution in [0.15, 0.2) is 18.2 Å². The molecule has 19 heavy (non-hydrogen) atoms. The molecule has 2 N–H and O–H groups in total. The van der Waals surface area contributed by atoms with Crippen LogP contribution in [0.25, 0.3) is 0 Å². The van der Waals surface area contributed by atoms with Gasteiger partial charge in [0.15, 0.2) is 0 Å². The summed E-state index contributed by atoms with van der Waals surface area (Å²) in [7, 11) is 0. The SMILES string of the molecule is O=C(NCC1(CO)CC1)c1c(Cl)cccc1[N+](=O)[O-]. The summed E-state index contributed by atoms with van der Waals surface area (Å²) in [6, 6.07) is 4.09. The average molecular weight is 285 g/mol. The maximum atomic E-state index is 12.0. The number of amides is 1. The Morgan fingerprint density at radius 1 is 1.53 bits per heavy atom. The van der Waals surface area contributed by atoms with E-state index < -0.39 is 10.8 Å². The number of nitro groups is 1. The number of halogens is 1. The first-order chi connectivity index (χ1) is 8.99. The third-order valence-electron chi connectivity index (χ3n) is 3.33. The zero-order valence-electron chi connectivity index (χ0n) is 10.1. The van der Waals surface area contributed by atoms with Crippen molar-refractivity contribution >= 4 is 23.2 Å². The van der Waals surface area contributed by atoms with Crippen LogP contribution in [0.1, 0.15) is 23.2 Å². The van der Waals surface area contributed by atoms with Crippen LogP contribution >= 0.6 is 11.6 Å². The minimum Gasteiger partial charge on any atom is -0.396 e. The Labute approximate surface area is 114 Å². The lowest BCUT2D eigenvalue weighted by molar-refractivity contribution is -0.385. The van der Waals surface area contributed by atoms with Gasteiger partial charge in [-0.2, -0.15) is 0 Å².